The van der Waals surface area contributed by atoms with E-state index in [2.05, 4.69) is 51.6 Å². The number of nitrogens with one attached hydrogen (secondary N) is 1. The Morgan fingerprint density at radius 3 is 2.89 bits per heavy atom. The maximum atomic E-state index is 13.1. The van der Waals surface area contributed by atoms with Crippen molar-refractivity contribution in [1.29, 1.82) is 0 Å². The molecule has 1 amide bonds. The highest BCUT2D eigenvalue weighted by Crippen LogP contribution is 2.44. The van der Waals surface area contributed by atoms with Crippen molar-refractivity contribution in [2.75, 3.05) is 6.54 Å². The molecule has 8 heteroatoms. The van der Waals surface area contributed by atoms with E-state index in [4.69, 9.17) is 0 Å². The Hall–Kier alpha value is -2.61. The maximum absolute atomic E-state index is 13.1. The summed E-state index contributed by atoms with van der Waals surface area (Å²) >= 11 is 1.61. The summed E-state index contributed by atoms with van der Waals surface area (Å²) in [6.07, 6.45) is 3.09. The molecule has 3 heterocycles. The molecule has 2 aromatic heterocycles. The zero-order valence-electron chi connectivity index (χ0n) is 16.1. The number of hydrogen-bond acceptors (Lipinski definition) is 6. The van der Waals surface area contributed by atoms with E-state index in [1.54, 1.807) is 11.3 Å². The average molecular weight is 397 g/mol. The molecule has 1 atom stereocenters. The normalized spacial score (nSPS) is 18.9. The first-order chi connectivity index (χ1) is 13.5. The lowest BCUT2D eigenvalue weighted by Gasteiger charge is -2.44. The van der Waals surface area contributed by atoms with Crippen LogP contribution in [0.2, 0.25) is 0 Å². The molecule has 3 aromatic rings. The average Bonchev–Trinajstić information content (AvgIpc) is 3.34. The van der Waals surface area contributed by atoms with Crippen molar-refractivity contribution in [3.8, 4) is 0 Å². The van der Waals surface area contributed by atoms with E-state index in [1.807, 2.05) is 28.5 Å². The molecule has 28 heavy (non-hydrogen) atoms. The van der Waals surface area contributed by atoms with Gasteiger partial charge in [0.05, 0.1) is 17.1 Å². The number of H-pyrrole nitrogens is 1. The second kappa shape index (κ2) is 7.79. The fourth-order valence-electron chi connectivity index (χ4n) is 3.97. The molecule has 4 rings (SSSR count). The van der Waals surface area contributed by atoms with E-state index in [-0.39, 0.29) is 17.4 Å². The van der Waals surface area contributed by atoms with E-state index in [0.29, 0.717) is 18.8 Å². The third-order valence-corrected chi connectivity index (χ3v) is 6.23. The van der Waals surface area contributed by atoms with Gasteiger partial charge >= 0.3 is 0 Å². The number of rotatable bonds is 5. The zero-order chi connectivity index (χ0) is 19.6. The van der Waals surface area contributed by atoms with E-state index < -0.39 is 0 Å². The first-order valence-corrected chi connectivity index (χ1v) is 10.4. The van der Waals surface area contributed by atoms with Crippen molar-refractivity contribution < 1.29 is 4.79 Å². The van der Waals surface area contributed by atoms with E-state index >= 15 is 0 Å². The maximum Gasteiger partial charge on any atom is 0.229 e. The predicted octanol–water partition coefficient (Wildman–Crippen LogP) is 3.18. The molecule has 0 spiro atoms. The molecule has 0 bridgehead atoms. The predicted molar refractivity (Wildman–Crippen MR) is 107 cm³/mol. The molecule has 1 fully saturated rings. The number of carbonyl (C=O) groups excluding carboxylic acids is 1. The first kappa shape index (κ1) is 18.7. The molecule has 0 saturated carbocycles. The van der Waals surface area contributed by atoms with E-state index in [0.717, 1.165) is 30.0 Å². The van der Waals surface area contributed by atoms with Gasteiger partial charge in [0.25, 0.3) is 0 Å². The molecule has 1 saturated heterocycles. The number of thiazole rings is 1. The van der Waals surface area contributed by atoms with Crippen LogP contribution in [-0.2, 0) is 17.6 Å². The smallest absolute Gasteiger partial charge is 0.229 e. The van der Waals surface area contributed by atoms with E-state index in [9.17, 15) is 4.79 Å². The minimum atomic E-state index is -0.171. The second-order valence-electron chi connectivity index (χ2n) is 7.92. The zero-order valence-corrected chi connectivity index (χ0v) is 16.9. The van der Waals surface area contributed by atoms with Gasteiger partial charge in [0.1, 0.15) is 6.04 Å². The third kappa shape index (κ3) is 3.96. The Morgan fingerprint density at radius 2 is 2.14 bits per heavy atom. The molecule has 7 nitrogen and oxygen atoms in total. The number of hydrogen-bond donors (Lipinski definition) is 1. The van der Waals surface area contributed by atoms with Crippen LogP contribution in [-0.4, -0.2) is 43.0 Å². The summed E-state index contributed by atoms with van der Waals surface area (Å²) in [4.78, 5) is 19.7. The summed E-state index contributed by atoms with van der Waals surface area (Å²) in [6.45, 7) is 5.03. The number of nitrogens with zero attached hydrogens (tertiary/aromatic N) is 5. The van der Waals surface area contributed by atoms with Crippen LogP contribution in [0.25, 0.3) is 0 Å². The number of likely N-dealkylation sites (tertiary alicyclic amines) is 1. The Bertz CT molecular complexity index is 921. The van der Waals surface area contributed by atoms with Crippen LogP contribution in [0.3, 0.4) is 0 Å². The molecule has 1 unspecified atom stereocenters. The summed E-state index contributed by atoms with van der Waals surface area (Å²) in [5.74, 6) is 0.653. The summed E-state index contributed by atoms with van der Waals surface area (Å²) in [7, 11) is 0. The number of carbonyl (C=O) groups is 1. The van der Waals surface area contributed by atoms with Crippen LogP contribution in [0.15, 0.2) is 35.7 Å². The Labute approximate surface area is 168 Å². The number of benzene rings is 1. The first-order valence-electron chi connectivity index (χ1n) is 9.53. The van der Waals surface area contributed by atoms with Crippen LogP contribution in [0.5, 0.6) is 0 Å². The highest BCUT2D eigenvalue weighted by atomic mass is 32.1. The fourth-order valence-corrected chi connectivity index (χ4v) is 4.80. The largest absolute Gasteiger partial charge is 0.331 e. The summed E-state index contributed by atoms with van der Waals surface area (Å²) in [6, 6.07) is 10.1. The molecule has 0 radical (unpaired) electrons. The molecule has 1 aliphatic heterocycles. The molecular formula is C20H24N6OS. The van der Waals surface area contributed by atoms with Gasteiger partial charge in [0.15, 0.2) is 5.82 Å². The molecular weight excluding hydrogens is 372 g/mol. The minimum absolute atomic E-state index is 0.0686. The van der Waals surface area contributed by atoms with Gasteiger partial charge in [0.2, 0.25) is 5.91 Å². The van der Waals surface area contributed by atoms with Gasteiger partial charge in [-0.3, -0.25) is 4.79 Å². The van der Waals surface area contributed by atoms with Crippen molar-refractivity contribution in [2.45, 2.75) is 45.6 Å². The van der Waals surface area contributed by atoms with Gasteiger partial charge in [-0.1, -0.05) is 49.4 Å². The summed E-state index contributed by atoms with van der Waals surface area (Å²) in [5, 5.41) is 17.6. The van der Waals surface area contributed by atoms with Crippen LogP contribution in [0, 0.1) is 5.41 Å². The summed E-state index contributed by atoms with van der Waals surface area (Å²) < 4.78 is 0. The number of amides is 1. The topological polar surface area (TPSA) is 87.7 Å². The van der Waals surface area contributed by atoms with Crippen molar-refractivity contribution in [3.63, 3.8) is 0 Å². The van der Waals surface area contributed by atoms with Crippen molar-refractivity contribution >= 4 is 17.2 Å². The lowest BCUT2D eigenvalue weighted by atomic mass is 9.76. The summed E-state index contributed by atoms with van der Waals surface area (Å²) in [5.41, 5.74) is 1.96. The Balaban J connectivity index is 1.48. The van der Waals surface area contributed by atoms with Crippen LogP contribution >= 0.6 is 11.3 Å². The Morgan fingerprint density at radius 1 is 1.32 bits per heavy atom. The van der Waals surface area contributed by atoms with Crippen molar-refractivity contribution in [3.05, 3.63) is 57.8 Å². The SMILES string of the molecule is CC1(C)CCCN(C(=O)Cc2csc(Cc3ccccc3)n2)C1c1nn[nH]n1. The van der Waals surface area contributed by atoms with Gasteiger partial charge in [-0.05, 0) is 23.8 Å². The van der Waals surface area contributed by atoms with Gasteiger partial charge in [-0.25, -0.2) is 4.98 Å². The number of aromatic nitrogens is 5. The number of tetrazole rings is 1. The second-order valence-corrected chi connectivity index (χ2v) is 8.87. The standard InChI is InChI=1S/C20H24N6OS/c1-20(2)9-6-10-26(18(20)19-22-24-25-23-19)17(27)12-15-13-28-16(21-15)11-14-7-4-3-5-8-14/h3-5,7-8,13,18H,6,9-12H2,1-2H3,(H,22,23,24,25). The quantitative estimate of drug-likeness (QED) is 0.716. The molecule has 1 N–H and O–H groups in total. The van der Waals surface area contributed by atoms with Crippen LogP contribution < -0.4 is 0 Å². The molecule has 0 aliphatic carbocycles. The van der Waals surface area contributed by atoms with Gasteiger partial charge in [-0.2, -0.15) is 5.21 Å². The molecule has 1 aliphatic rings. The monoisotopic (exact) mass is 396 g/mol. The molecule has 146 valence electrons. The fraction of sp³-hybridized carbons (Fsp3) is 0.450. The van der Waals surface area contributed by atoms with Crippen LogP contribution in [0.1, 0.15) is 54.8 Å². The van der Waals surface area contributed by atoms with Gasteiger partial charge in [-0.15, -0.1) is 21.5 Å². The molecule has 1 aromatic carbocycles. The lowest BCUT2D eigenvalue weighted by Crippen LogP contribution is -2.47. The highest BCUT2D eigenvalue weighted by molar-refractivity contribution is 7.09. The van der Waals surface area contributed by atoms with E-state index in [1.165, 1.54) is 5.56 Å². The third-order valence-electron chi connectivity index (χ3n) is 5.33. The van der Waals surface area contributed by atoms with Crippen molar-refractivity contribution in [1.82, 2.24) is 30.5 Å². The number of aromatic amines is 1. The van der Waals surface area contributed by atoms with Gasteiger partial charge < -0.3 is 4.90 Å². The minimum Gasteiger partial charge on any atom is -0.331 e. The lowest BCUT2D eigenvalue weighted by molar-refractivity contribution is -0.138. The number of piperidine rings is 1. The van der Waals surface area contributed by atoms with Crippen LogP contribution in [0.4, 0.5) is 0 Å². The Kier molecular flexibility index (Phi) is 5.21. The van der Waals surface area contributed by atoms with Crippen molar-refractivity contribution in [2.24, 2.45) is 5.41 Å². The van der Waals surface area contributed by atoms with Gasteiger partial charge in [0, 0.05) is 18.3 Å². The highest BCUT2D eigenvalue weighted by Gasteiger charge is 2.43.